The maximum Gasteiger partial charge on any atom is 0.0928 e. The van der Waals surface area contributed by atoms with Crippen molar-refractivity contribution in [1.29, 1.82) is 0 Å². The highest BCUT2D eigenvalue weighted by molar-refractivity contribution is 7.09. The number of thiazole rings is 1. The van der Waals surface area contributed by atoms with E-state index < -0.39 is 0 Å². The molecule has 1 N–H and O–H groups in total. The van der Waals surface area contributed by atoms with E-state index >= 15 is 0 Å². The van der Waals surface area contributed by atoms with Crippen molar-refractivity contribution in [3.63, 3.8) is 0 Å². The number of aromatic nitrogens is 1. The van der Waals surface area contributed by atoms with Crippen molar-refractivity contribution in [3.8, 4) is 0 Å². The fourth-order valence-electron chi connectivity index (χ4n) is 2.36. The lowest BCUT2D eigenvalue weighted by Crippen LogP contribution is -2.26. The summed E-state index contributed by atoms with van der Waals surface area (Å²) < 4.78 is 0. The fraction of sp³-hybridized carbons (Fsp3) is 0.471. The maximum atomic E-state index is 4.43. The van der Waals surface area contributed by atoms with Gasteiger partial charge in [-0.15, -0.1) is 11.3 Å². The highest BCUT2D eigenvalue weighted by atomic mass is 32.1. The minimum absolute atomic E-state index is 0.621. The second-order valence-electron chi connectivity index (χ2n) is 5.39. The number of nitrogens with one attached hydrogen (secondary N) is 1. The van der Waals surface area contributed by atoms with Gasteiger partial charge < -0.3 is 5.32 Å². The van der Waals surface area contributed by atoms with Gasteiger partial charge in [-0.3, -0.25) is 0 Å². The smallest absolute Gasteiger partial charge is 0.0928 e. The SMILES string of the molecule is CCCNCC(Cc1ccc(C)cc1)Cc1nccs1. The van der Waals surface area contributed by atoms with Crippen LogP contribution in [0, 0.1) is 12.8 Å². The van der Waals surface area contributed by atoms with Crippen LogP contribution in [0.5, 0.6) is 0 Å². The number of aryl methyl sites for hydroxylation is 1. The van der Waals surface area contributed by atoms with Crippen molar-refractivity contribution in [2.75, 3.05) is 13.1 Å². The third-order valence-corrected chi connectivity index (χ3v) is 4.25. The lowest BCUT2D eigenvalue weighted by molar-refractivity contribution is 0.470. The molecular weight excluding hydrogens is 264 g/mol. The molecule has 3 heteroatoms. The van der Waals surface area contributed by atoms with Gasteiger partial charge in [-0.05, 0) is 44.3 Å². The van der Waals surface area contributed by atoms with Crippen molar-refractivity contribution < 1.29 is 0 Å². The van der Waals surface area contributed by atoms with Crippen LogP contribution in [0.2, 0.25) is 0 Å². The predicted octanol–water partition coefficient (Wildman–Crippen LogP) is 3.85. The van der Waals surface area contributed by atoms with Crippen LogP contribution in [-0.2, 0) is 12.8 Å². The number of rotatable bonds is 8. The molecule has 0 spiro atoms. The first-order valence-corrected chi connectivity index (χ1v) is 8.30. The molecule has 20 heavy (non-hydrogen) atoms. The van der Waals surface area contributed by atoms with E-state index in [2.05, 4.69) is 53.8 Å². The van der Waals surface area contributed by atoms with E-state index in [1.54, 1.807) is 11.3 Å². The van der Waals surface area contributed by atoms with E-state index in [1.807, 2.05) is 6.20 Å². The molecule has 0 aliphatic carbocycles. The van der Waals surface area contributed by atoms with Gasteiger partial charge in [-0.2, -0.15) is 0 Å². The zero-order chi connectivity index (χ0) is 14.2. The van der Waals surface area contributed by atoms with E-state index in [-0.39, 0.29) is 0 Å². The van der Waals surface area contributed by atoms with Crippen LogP contribution in [0.3, 0.4) is 0 Å². The molecule has 0 aliphatic rings. The summed E-state index contributed by atoms with van der Waals surface area (Å²) in [5, 5.41) is 6.87. The van der Waals surface area contributed by atoms with Gasteiger partial charge in [0.25, 0.3) is 0 Å². The average molecular weight is 288 g/mol. The van der Waals surface area contributed by atoms with E-state index in [0.29, 0.717) is 5.92 Å². The summed E-state index contributed by atoms with van der Waals surface area (Å²) in [7, 11) is 0. The molecule has 1 atom stereocenters. The van der Waals surface area contributed by atoms with Crippen LogP contribution in [0.1, 0.15) is 29.5 Å². The maximum absolute atomic E-state index is 4.43. The fourth-order valence-corrected chi connectivity index (χ4v) is 3.09. The highest BCUT2D eigenvalue weighted by Crippen LogP contribution is 2.16. The Hall–Kier alpha value is -1.19. The summed E-state index contributed by atoms with van der Waals surface area (Å²) in [6.07, 6.45) is 5.29. The molecule has 0 radical (unpaired) electrons. The Kier molecular flexibility index (Phi) is 6.22. The summed E-state index contributed by atoms with van der Waals surface area (Å²) in [5.74, 6) is 0.621. The van der Waals surface area contributed by atoms with Gasteiger partial charge in [-0.25, -0.2) is 4.98 Å². The van der Waals surface area contributed by atoms with E-state index in [9.17, 15) is 0 Å². The Morgan fingerprint density at radius 2 is 2.00 bits per heavy atom. The molecule has 108 valence electrons. The highest BCUT2D eigenvalue weighted by Gasteiger charge is 2.12. The third kappa shape index (κ3) is 5.06. The third-order valence-electron chi connectivity index (χ3n) is 3.45. The molecule has 0 fully saturated rings. The summed E-state index contributed by atoms with van der Waals surface area (Å²) >= 11 is 1.76. The van der Waals surface area contributed by atoms with Crippen molar-refractivity contribution in [1.82, 2.24) is 10.3 Å². The van der Waals surface area contributed by atoms with Gasteiger partial charge >= 0.3 is 0 Å². The number of nitrogens with zero attached hydrogens (tertiary/aromatic N) is 1. The van der Waals surface area contributed by atoms with Crippen molar-refractivity contribution in [2.24, 2.45) is 5.92 Å². The van der Waals surface area contributed by atoms with E-state index in [4.69, 9.17) is 0 Å². The topological polar surface area (TPSA) is 24.9 Å². The predicted molar refractivity (Wildman–Crippen MR) is 87.4 cm³/mol. The Labute approximate surface area is 126 Å². The second kappa shape index (κ2) is 8.18. The quantitative estimate of drug-likeness (QED) is 0.746. The molecule has 0 saturated carbocycles. The summed E-state index contributed by atoms with van der Waals surface area (Å²) in [6, 6.07) is 8.92. The summed E-state index contributed by atoms with van der Waals surface area (Å²) in [6.45, 7) is 6.52. The van der Waals surface area contributed by atoms with Crippen LogP contribution in [0.25, 0.3) is 0 Å². The lowest BCUT2D eigenvalue weighted by Gasteiger charge is -2.17. The minimum Gasteiger partial charge on any atom is -0.316 e. The van der Waals surface area contributed by atoms with Gasteiger partial charge in [0.05, 0.1) is 5.01 Å². The Balaban J connectivity index is 1.95. The monoisotopic (exact) mass is 288 g/mol. The first-order valence-electron chi connectivity index (χ1n) is 7.42. The molecule has 0 saturated heterocycles. The molecule has 2 nitrogen and oxygen atoms in total. The second-order valence-corrected chi connectivity index (χ2v) is 6.37. The normalized spacial score (nSPS) is 12.5. The van der Waals surface area contributed by atoms with Gasteiger partial charge in [0.1, 0.15) is 0 Å². The molecule has 1 aromatic carbocycles. The number of benzene rings is 1. The Morgan fingerprint density at radius 1 is 1.20 bits per heavy atom. The molecule has 1 heterocycles. The number of hydrogen-bond donors (Lipinski definition) is 1. The Bertz CT molecular complexity index is 476. The zero-order valence-corrected chi connectivity index (χ0v) is 13.2. The summed E-state index contributed by atoms with van der Waals surface area (Å²) in [5.41, 5.74) is 2.75. The molecule has 1 unspecified atom stereocenters. The minimum atomic E-state index is 0.621. The Morgan fingerprint density at radius 3 is 2.65 bits per heavy atom. The van der Waals surface area contributed by atoms with E-state index in [0.717, 1.165) is 25.9 Å². The average Bonchev–Trinajstić information content (AvgIpc) is 2.94. The van der Waals surface area contributed by atoms with Crippen LogP contribution in [0.4, 0.5) is 0 Å². The van der Waals surface area contributed by atoms with Crippen molar-refractivity contribution >= 4 is 11.3 Å². The van der Waals surface area contributed by atoms with Gasteiger partial charge in [-0.1, -0.05) is 36.8 Å². The van der Waals surface area contributed by atoms with E-state index in [1.165, 1.54) is 22.6 Å². The van der Waals surface area contributed by atoms with Gasteiger partial charge in [0.2, 0.25) is 0 Å². The van der Waals surface area contributed by atoms with Crippen LogP contribution < -0.4 is 5.32 Å². The van der Waals surface area contributed by atoms with Gasteiger partial charge in [0.15, 0.2) is 0 Å². The molecular formula is C17H24N2S. The van der Waals surface area contributed by atoms with Crippen LogP contribution in [-0.4, -0.2) is 18.1 Å². The molecule has 0 bridgehead atoms. The first-order chi connectivity index (χ1) is 9.78. The molecule has 0 aliphatic heterocycles. The largest absolute Gasteiger partial charge is 0.316 e. The number of hydrogen-bond acceptors (Lipinski definition) is 3. The van der Waals surface area contributed by atoms with Crippen molar-refractivity contribution in [2.45, 2.75) is 33.1 Å². The zero-order valence-electron chi connectivity index (χ0n) is 12.4. The molecule has 2 rings (SSSR count). The van der Waals surface area contributed by atoms with Gasteiger partial charge in [0, 0.05) is 18.0 Å². The van der Waals surface area contributed by atoms with Crippen LogP contribution in [0.15, 0.2) is 35.8 Å². The van der Waals surface area contributed by atoms with Crippen molar-refractivity contribution in [3.05, 3.63) is 52.0 Å². The molecule has 2 aromatic rings. The van der Waals surface area contributed by atoms with Crippen LogP contribution >= 0.6 is 11.3 Å². The lowest BCUT2D eigenvalue weighted by atomic mass is 9.95. The summed E-state index contributed by atoms with van der Waals surface area (Å²) in [4.78, 5) is 4.43. The standard InChI is InChI=1S/C17H24N2S/c1-3-8-18-13-16(12-17-19-9-10-20-17)11-15-6-4-14(2)5-7-15/h4-7,9-10,16,18H,3,8,11-13H2,1-2H3. The first kappa shape index (κ1) is 15.2. The molecule has 0 amide bonds. The molecule has 1 aromatic heterocycles.